The summed E-state index contributed by atoms with van der Waals surface area (Å²) in [4.78, 5) is 25.7. The maximum Gasteiger partial charge on any atom is 0.391 e. The van der Waals surface area contributed by atoms with E-state index in [0.29, 0.717) is 18.5 Å². The summed E-state index contributed by atoms with van der Waals surface area (Å²) >= 11 is 0. The Morgan fingerprint density at radius 2 is 1.84 bits per heavy atom. The van der Waals surface area contributed by atoms with Crippen molar-refractivity contribution in [3.8, 4) is 0 Å². The largest absolute Gasteiger partial charge is 0.391 e. The fraction of sp³-hybridized carbons (Fsp3) is 0.556. The molecule has 2 fully saturated rings. The van der Waals surface area contributed by atoms with Gasteiger partial charge in [0.05, 0.1) is 5.92 Å². The minimum absolute atomic E-state index is 0.0831. The summed E-state index contributed by atoms with van der Waals surface area (Å²) in [5.41, 5.74) is 1.22. The number of nitrogens with zero attached hydrogens (tertiary/aromatic N) is 1. The predicted octanol–water partition coefficient (Wildman–Crippen LogP) is 3.52. The average molecular weight is 354 g/mol. The van der Waals surface area contributed by atoms with Crippen LogP contribution in [0.2, 0.25) is 0 Å². The molecule has 1 saturated carbocycles. The molecule has 1 N–H and O–H groups in total. The van der Waals surface area contributed by atoms with Crippen molar-refractivity contribution in [2.24, 2.45) is 11.8 Å². The quantitative estimate of drug-likeness (QED) is 0.899. The first-order valence-electron chi connectivity index (χ1n) is 8.60. The van der Waals surface area contributed by atoms with Gasteiger partial charge >= 0.3 is 6.18 Å². The summed E-state index contributed by atoms with van der Waals surface area (Å²) in [5, 5.41) is 2.69. The highest BCUT2D eigenvalue weighted by Gasteiger charge is 2.47. The molecule has 7 heteroatoms. The topological polar surface area (TPSA) is 49.4 Å². The number of carbonyl (C=O) groups excluding carboxylic acids is 2. The fourth-order valence-electron chi connectivity index (χ4n) is 3.38. The van der Waals surface area contributed by atoms with Crippen LogP contribution in [0.5, 0.6) is 0 Å². The van der Waals surface area contributed by atoms with E-state index in [4.69, 9.17) is 0 Å². The molecular weight excluding hydrogens is 333 g/mol. The normalized spacial score (nSPS) is 24.0. The van der Waals surface area contributed by atoms with Crippen molar-refractivity contribution in [3.05, 3.63) is 29.8 Å². The Morgan fingerprint density at radius 3 is 2.44 bits per heavy atom. The molecular formula is C18H21F3N2O2. The monoisotopic (exact) mass is 354 g/mol. The maximum absolute atomic E-state index is 12.4. The summed E-state index contributed by atoms with van der Waals surface area (Å²) in [7, 11) is 0. The number of alkyl halides is 3. The third kappa shape index (κ3) is 4.14. The van der Waals surface area contributed by atoms with Crippen LogP contribution in [-0.4, -0.2) is 31.1 Å². The number of carbonyl (C=O) groups is 2. The molecule has 0 bridgehead atoms. The minimum atomic E-state index is -4.12. The molecule has 25 heavy (non-hydrogen) atoms. The minimum Gasteiger partial charge on any atom is -0.352 e. The molecule has 0 spiro atoms. The van der Waals surface area contributed by atoms with Crippen LogP contribution in [0.4, 0.5) is 18.9 Å². The van der Waals surface area contributed by atoms with Gasteiger partial charge in [-0.1, -0.05) is 0 Å². The highest BCUT2D eigenvalue weighted by Crippen LogP contribution is 2.44. The van der Waals surface area contributed by atoms with Gasteiger partial charge in [0.15, 0.2) is 0 Å². The molecule has 0 unspecified atom stereocenters. The zero-order chi connectivity index (χ0) is 18.0. The Kier molecular flexibility index (Phi) is 5.01. The highest BCUT2D eigenvalue weighted by atomic mass is 19.4. The van der Waals surface area contributed by atoms with E-state index in [0.717, 1.165) is 18.5 Å². The van der Waals surface area contributed by atoms with Crippen molar-refractivity contribution in [1.29, 1.82) is 0 Å². The number of halogens is 3. The van der Waals surface area contributed by atoms with Crippen molar-refractivity contribution < 1.29 is 22.8 Å². The van der Waals surface area contributed by atoms with Crippen LogP contribution in [0.25, 0.3) is 0 Å². The van der Waals surface area contributed by atoms with Crippen LogP contribution in [-0.2, 0) is 4.79 Å². The molecule has 136 valence electrons. The van der Waals surface area contributed by atoms with Crippen LogP contribution in [0, 0.1) is 11.8 Å². The van der Waals surface area contributed by atoms with E-state index in [2.05, 4.69) is 5.32 Å². The molecule has 1 aliphatic heterocycles. The first-order valence-corrected chi connectivity index (χ1v) is 8.60. The Bertz CT molecular complexity index is 637. The van der Waals surface area contributed by atoms with E-state index in [9.17, 15) is 22.8 Å². The predicted molar refractivity (Wildman–Crippen MR) is 87.2 cm³/mol. The van der Waals surface area contributed by atoms with Crippen LogP contribution in [0.1, 0.15) is 42.5 Å². The summed E-state index contributed by atoms with van der Waals surface area (Å²) in [6.07, 6.45) is -1.54. The summed E-state index contributed by atoms with van der Waals surface area (Å²) in [5.74, 6) is -1.55. The molecule has 1 aliphatic carbocycles. The fourth-order valence-corrected chi connectivity index (χ4v) is 3.38. The van der Waals surface area contributed by atoms with Gasteiger partial charge in [-0.15, -0.1) is 0 Å². The Morgan fingerprint density at radius 1 is 1.16 bits per heavy atom. The van der Waals surface area contributed by atoms with Gasteiger partial charge < -0.3 is 10.2 Å². The van der Waals surface area contributed by atoms with Gasteiger partial charge in [0.1, 0.15) is 0 Å². The second-order valence-electron chi connectivity index (χ2n) is 6.84. The Hall–Kier alpha value is -2.05. The lowest BCUT2D eigenvalue weighted by molar-refractivity contribution is -0.203. The van der Waals surface area contributed by atoms with Gasteiger partial charge in [-0.05, 0) is 55.9 Å². The second-order valence-corrected chi connectivity index (χ2v) is 6.84. The molecule has 1 aromatic carbocycles. The molecule has 1 heterocycles. The van der Waals surface area contributed by atoms with E-state index in [1.807, 2.05) is 0 Å². The zero-order valence-electron chi connectivity index (χ0n) is 13.8. The lowest BCUT2D eigenvalue weighted by Gasteiger charge is -2.36. The van der Waals surface area contributed by atoms with Gasteiger partial charge in [-0.2, -0.15) is 13.2 Å². The number of nitrogens with one attached hydrogen (secondary N) is 1. The molecule has 0 radical (unpaired) electrons. The van der Waals surface area contributed by atoms with E-state index in [1.54, 1.807) is 29.2 Å². The van der Waals surface area contributed by atoms with Gasteiger partial charge in [0.2, 0.25) is 5.91 Å². The van der Waals surface area contributed by atoms with Crippen molar-refractivity contribution >= 4 is 17.5 Å². The number of piperidine rings is 1. The average Bonchev–Trinajstić information content (AvgIpc) is 2.52. The molecule has 2 amide bonds. The Labute approximate surface area is 144 Å². The van der Waals surface area contributed by atoms with Crippen molar-refractivity contribution in [2.75, 3.05) is 18.0 Å². The second kappa shape index (κ2) is 7.06. The number of amides is 2. The zero-order valence-corrected chi connectivity index (χ0v) is 13.8. The SMILES string of the molecule is O=C(NCC1CC(C(F)(F)F)C1)c1ccc(N2CCCCC2=O)cc1. The number of hydrogen-bond donors (Lipinski definition) is 1. The molecule has 1 aromatic rings. The molecule has 3 rings (SSSR count). The van der Waals surface area contributed by atoms with Gasteiger partial charge in [-0.3, -0.25) is 9.59 Å². The number of hydrogen-bond acceptors (Lipinski definition) is 2. The summed E-state index contributed by atoms with van der Waals surface area (Å²) in [6, 6.07) is 6.76. The molecule has 0 atom stereocenters. The van der Waals surface area contributed by atoms with E-state index < -0.39 is 12.1 Å². The van der Waals surface area contributed by atoms with Gasteiger partial charge in [-0.25, -0.2) is 0 Å². The lowest BCUT2D eigenvalue weighted by Crippen LogP contribution is -2.41. The van der Waals surface area contributed by atoms with Crippen LogP contribution in [0.3, 0.4) is 0 Å². The maximum atomic E-state index is 12.4. The van der Waals surface area contributed by atoms with Crippen LogP contribution < -0.4 is 10.2 Å². The Balaban J connectivity index is 1.49. The number of rotatable bonds is 4. The van der Waals surface area contributed by atoms with E-state index in [1.165, 1.54) is 0 Å². The van der Waals surface area contributed by atoms with Crippen molar-refractivity contribution in [2.45, 2.75) is 38.3 Å². The highest BCUT2D eigenvalue weighted by molar-refractivity contribution is 5.96. The van der Waals surface area contributed by atoms with Crippen molar-refractivity contribution in [3.63, 3.8) is 0 Å². The third-order valence-electron chi connectivity index (χ3n) is 5.01. The number of benzene rings is 1. The summed E-state index contributed by atoms with van der Waals surface area (Å²) in [6.45, 7) is 0.949. The molecule has 1 saturated heterocycles. The first kappa shape index (κ1) is 17.8. The van der Waals surface area contributed by atoms with Crippen LogP contribution in [0.15, 0.2) is 24.3 Å². The molecule has 2 aliphatic rings. The molecule has 0 aromatic heterocycles. The lowest BCUT2D eigenvalue weighted by atomic mass is 9.74. The number of anilines is 1. The smallest absolute Gasteiger partial charge is 0.352 e. The van der Waals surface area contributed by atoms with Gasteiger partial charge in [0.25, 0.3) is 5.91 Å². The van der Waals surface area contributed by atoms with Gasteiger partial charge in [0, 0.05) is 30.8 Å². The first-order chi connectivity index (χ1) is 11.8. The molecule has 4 nitrogen and oxygen atoms in total. The third-order valence-corrected chi connectivity index (χ3v) is 5.01. The van der Waals surface area contributed by atoms with E-state index >= 15 is 0 Å². The van der Waals surface area contributed by atoms with Crippen LogP contribution >= 0.6 is 0 Å². The van der Waals surface area contributed by atoms with E-state index in [-0.39, 0.29) is 37.1 Å². The van der Waals surface area contributed by atoms with Crippen molar-refractivity contribution in [1.82, 2.24) is 5.32 Å². The summed E-state index contributed by atoms with van der Waals surface area (Å²) < 4.78 is 37.3. The standard InChI is InChI=1S/C18H21F3N2O2/c19-18(20,21)14-9-12(10-14)11-22-17(25)13-4-6-15(7-5-13)23-8-2-1-3-16(23)24/h4-7,12,14H,1-3,8-11H2,(H,22,25).